The third-order valence-corrected chi connectivity index (χ3v) is 3.37. The Morgan fingerprint density at radius 2 is 1.61 bits per heavy atom. The van der Waals surface area contributed by atoms with Crippen molar-refractivity contribution in [2.45, 2.75) is 59.4 Å². The van der Waals surface area contributed by atoms with Crippen molar-refractivity contribution in [3.8, 4) is 0 Å². The smallest absolute Gasteiger partial charge is 0.0884 e. The van der Waals surface area contributed by atoms with E-state index in [0.717, 1.165) is 5.52 Å². The molecule has 2 nitrogen and oxygen atoms in total. The topological polar surface area (TPSA) is 17.8 Å². The molecule has 2 heterocycles. The predicted octanol–water partition coefficient (Wildman–Crippen LogP) is 4.40. The van der Waals surface area contributed by atoms with Crippen molar-refractivity contribution in [2.24, 2.45) is 0 Å². The maximum absolute atomic E-state index is 4.62. The number of pyridine rings is 1. The second-order valence-corrected chi connectivity index (χ2v) is 7.17. The first-order valence-corrected chi connectivity index (χ1v) is 6.60. The molecule has 2 rings (SSSR count). The average Bonchev–Trinajstić information content (AvgIpc) is 2.49. The molecule has 0 spiro atoms. The third-order valence-electron chi connectivity index (χ3n) is 3.37. The second kappa shape index (κ2) is 3.84. The minimum Gasteiger partial charge on any atom is -0.338 e. The first-order valence-electron chi connectivity index (χ1n) is 6.60. The molecule has 0 atom stereocenters. The van der Waals surface area contributed by atoms with E-state index in [4.69, 9.17) is 0 Å². The zero-order valence-corrected chi connectivity index (χ0v) is 12.6. The van der Waals surface area contributed by atoms with Crippen molar-refractivity contribution in [2.75, 3.05) is 0 Å². The molecule has 0 saturated heterocycles. The SMILES string of the molecule is Cc1cc2ncc(C(C)(C)C)cc2n1C(C)(C)C. The van der Waals surface area contributed by atoms with Crippen LogP contribution in [0.5, 0.6) is 0 Å². The quantitative estimate of drug-likeness (QED) is 0.671. The summed E-state index contributed by atoms with van der Waals surface area (Å²) in [6, 6.07) is 4.47. The summed E-state index contributed by atoms with van der Waals surface area (Å²) in [4.78, 5) is 4.62. The standard InChI is InChI=1S/C16H24N2/c1-11-8-13-14(18(11)16(5,6)7)9-12(10-17-13)15(2,3)4/h8-10H,1-7H3. The molecule has 0 aliphatic heterocycles. The second-order valence-electron chi connectivity index (χ2n) is 7.17. The van der Waals surface area contributed by atoms with Gasteiger partial charge in [0.2, 0.25) is 0 Å². The van der Waals surface area contributed by atoms with Crippen molar-refractivity contribution in [3.05, 3.63) is 29.6 Å². The maximum Gasteiger partial charge on any atom is 0.0884 e. The molecule has 0 N–H and O–H groups in total. The van der Waals surface area contributed by atoms with Crippen molar-refractivity contribution in [3.63, 3.8) is 0 Å². The molecule has 0 radical (unpaired) electrons. The Bertz CT molecular complexity index is 577. The van der Waals surface area contributed by atoms with E-state index >= 15 is 0 Å². The number of hydrogen-bond acceptors (Lipinski definition) is 1. The van der Waals surface area contributed by atoms with Gasteiger partial charge in [-0.05, 0) is 50.8 Å². The summed E-state index contributed by atoms with van der Waals surface area (Å²) >= 11 is 0. The normalized spacial score (nSPS) is 13.3. The molecule has 0 saturated carbocycles. The molecule has 98 valence electrons. The summed E-state index contributed by atoms with van der Waals surface area (Å²) in [7, 11) is 0. The Hall–Kier alpha value is -1.31. The molecule has 2 heteroatoms. The fourth-order valence-electron chi connectivity index (χ4n) is 2.51. The summed E-state index contributed by atoms with van der Waals surface area (Å²) in [6.45, 7) is 15.6. The lowest BCUT2D eigenvalue weighted by molar-refractivity contribution is 0.403. The lowest BCUT2D eigenvalue weighted by Crippen LogP contribution is -2.23. The summed E-state index contributed by atoms with van der Waals surface area (Å²) < 4.78 is 2.38. The van der Waals surface area contributed by atoms with Crippen molar-refractivity contribution in [1.82, 2.24) is 9.55 Å². The minimum atomic E-state index is 0.0873. The van der Waals surface area contributed by atoms with Crippen LogP contribution in [-0.2, 0) is 11.0 Å². The van der Waals surface area contributed by atoms with Gasteiger partial charge in [0.1, 0.15) is 0 Å². The Kier molecular flexibility index (Phi) is 2.80. The summed E-state index contributed by atoms with van der Waals surface area (Å²) in [5.41, 5.74) is 5.13. The van der Waals surface area contributed by atoms with Gasteiger partial charge in [-0.2, -0.15) is 0 Å². The number of fused-ring (bicyclic) bond motifs is 1. The molecular formula is C16H24N2. The highest BCUT2D eigenvalue weighted by molar-refractivity contribution is 5.78. The highest BCUT2D eigenvalue weighted by Gasteiger charge is 2.21. The maximum atomic E-state index is 4.62. The number of nitrogens with zero attached hydrogens (tertiary/aromatic N) is 2. The van der Waals surface area contributed by atoms with E-state index in [1.807, 2.05) is 6.20 Å². The summed E-state index contributed by atoms with van der Waals surface area (Å²) in [6.07, 6.45) is 2.01. The lowest BCUT2D eigenvalue weighted by Gasteiger charge is -2.26. The summed E-state index contributed by atoms with van der Waals surface area (Å²) in [5, 5.41) is 0. The van der Waals surface area contributed by atoms with Crippen LogP contribution in [0.2, 0.25) is 0 Å². The fourth-order valence-corrected chi connectivity index (χ4v) is 2.51. The monoisotopic (exact) mass is 244 g/mol. The molecule has 18 heavy (non-hydrogen) atoms. The zero-order valence-electron chi connectivity index (χ0n) is 12.6. The Morgan fingerprint density at radius 1 is 1.00 bits per heavy atom. The highest BCUT2D eigenvalue weighted by atomic mass is 15.1. The van der Waals surface area contributed by atoms with Gasteiger partial charge in [0.25, 0.3) is 0 Å². The lowest BCUT2D eigenvalue weighted by atomic mass is 9.88. The number of aryl methyl sites for hydroxylation is 1. The molecule has 0 fully saturated rings. The van der Waals surface area contributed by atoms with Crippen LogP contribution < -0.4 is 0 Å². The minimum absolute atomic E-state index is 0.0873. The van der Waals surface area contributed by atoms with Gasteiger partial charge in [0.15, 0.2) is 0 Å². The Balaban J connectivity index is 2.76. The molecule has 0 bridgehead atoms. The number of rotatable bonds is 0. The van der Waals surface area contributed by atoms with E-state index in [1.165, 1.54) is 16.8 Å². The molecule has 0 unspecified atom stereocenters. The largest absolute Gasteiger partial charge is 0.338 e. The Labute approximate surface area is 110 Å². The van der Waals surface area contributed by atoms with E-state index in [9.17, 15) is 0 Å². The van der Waals surface area contributed by atoms with E-state index in [-0.39, 0.29) is 11.0 Å². The van der Waals surface area contributed by atoms with Gasteiger partial charge >= 0.3 is 0 Å². The van der Waals surface area contributed by atoms with Crippen LogP contribution in [0.1, 0.15) is 52.8 Å². The van der Waals surface area contributed by atoms with Crippen LogP contribution in [0, 0.1) is 6.92 Å². The molecule has 2 aromatic rings. The van der Waals surface area contributed by atoms with Crippen LogP contribution in [-0.4, -0.2) is 9.55 Å². The third kappa shape index (κ3) is 2.16. The van der Waals surface area contributed by atoms with Crippen LogP contribution in [0.15, 0.2) is 18.3 Å². The highest BCUT2D eigenvalue weighted by Crippen LogP contribution is 2.30. The first-order chi connectivity index (χ1) is 8.10. The molecule has 2 aromatic heterocycles. The van der Waals surface area contributed by atoms with Crippen LogP contribution in [0.3, 0.4) is 0 Å². The van der Waals surface area contributed by atoms with Crippen LogP contribution >= 0.6 is 0 Å². The van der Waals surface area contributed by atoms with E-state index < -0.39 is 0 Å². The number of aromatic nitrogens is 2. The molecule has 0 aliphatic rings. The Morgan fingerprint density at radius 3 is 2.11 bits per heavy atom. The van der Waals surface area contributed by atoms with E-state index in [1.54, 1.807) is 0 Å². The van der Waals surface area contributed by atoms with Gasteiger partial charge in [-0.25, -0.2) is 0 Å². The molecule has 0 aromatic carbocycles. The van der Waals surface area contributed by atoms with Gasteiger partial charge in [0, 0.05) is 17.4 Å². The van der Waals surface area contributed by atoms with Gasteiger partial charge in [-0.3, -0.25) is 4.98 Å². The van der Waals surface area contributed by atoms with E-state index in [0.29, 0.717) is 0 Å². The van der Waals surface area contributed by atoms with Gasteiger partial charge < -0.3 is 4.57 Å². The van der Waals surface area contributed by atoms with E-state index in [2.05, 4.69) is 70.1 Å². The van der Waals surface area contributed by atoms with Crippen molar-refractivity contribution < 1.29 is 0 Å². The first kappa shape index (κ1) is 13.1. The van der Waals surface area contributed by atoms with Crippen molar-refractivity contribution in [1.29, 1.82) is 0 Å². The molecule has 0 amide bonds. The zero-order chi connectivity index (χ0) is 13.7. The van der Waals surface area contributed by atoms with Gasteiger partial charge in [-0.15, -0.1) is 0 Å². The van der Waals surface area contributed by atoms with Gasteiger partial charge in [-0.1, -0.05) is 20.8 Å². The molecular weight excluding hydrogens is 220 g/mol. The van der Waals surface area contributed by atoms with Crippen LogP contribution in [0.4, 0.5) is 0 Å². The molecule has 0 aliphatic carbocycles. The van der Waals surface area contributed by atoms with Crippen molar-refractivity contribution >= 4 is 11.0 Å². The number of hydrogen-bond donors (Lipinski definition) is 0. The average molecular weight is 244 g/mol. The van der Waals surface area contributed by atoms with Crippen LogP contribution in [0.25, 0.3) is 11.0 Å². The summed E-state index contributed by atoms with van der Waals surface area (Å²) in [5.74, 6) is 0. The fraction of sp³-hybridized carbons (Fsp3) is 0.562. The van der Waals surface area contributed by atoms with Gasteiger partial charge in [0.05, 0.1) is 11.0 Å². The predicted molar refractivity (Wildman–Crippen MR) is 78.2 cm³/mol.